The second-order valence-corrected chi connectivity index (χ2v) is 8.75. The Hall–Kier alpha value is -2.60. The molecule has 2 aliphatic rings. The van der Waals surface area contributed by atoms with Crippen LogP contribution in [0, 0.1) is 11.8 Å². The molecule has 1 saturated carbocycles. The van der Waals surface area contributed by atoms with Crippen LogP contribution in [0.5, 0.6) is 0 Å². The summed E-state index contributed by atoms with van der Waals surface area (Å²) in [5.74, 6) is -3.93. The number of halogens is 6. The summed E-state index contributed by atoms with van der Waals surface area (Å²) >= 11 is 0. The molecule has 0 spiro atoms. The number of carboxylic acids is 2. The van der Waals surface area contributed by atoms with Gasteiger partial charge in [0.2, 0.25) is 0 Å². The average Bonchev–Trinajstić information content (AvgIpc) is 3.54. The fourth-order valence-corrected chi connectivity index (χ4v) is 3.96. The lowest BCUT2D eigenvalue weighted by Crippen LogP contribution is -2.40. The molecule has 3 rings (SSSR count). The van der Waals surface area contributed by atoms with Gasteiger partial charge in [-0.3, -0.25) is 0 Å². The Kier molecular flexibility index (Phi) is 11.9. The molecule has 0 radical (unpaired) electrons. The van der Waals surface area contributed by atoms with Crippen molar-refractivity contribution in [3.05, 3.63) is 41.5 Å². The smallest absolute Gasteiger partial charge is 0.475 e. The van der Waals surface area contributed by atoms with E-state index < -0.39 is 24.3 Å². The number of carbonyl (C=O) groups is 2. The lowest BCUT2D eigenvalue weighted by atomic mass is 9.96. The molecule has 6 nitrogen and oxygen atoms in total. The maximum absolute atomic E-state index is 10.6. The Bertz CT molecular complexity index is 844. The van der Waals surface area contributed by atoms with E-state index in [1.54, 1.807) is 0 Å². The summed E-state index contributed by atoms with van der Waals surface area (Å²) in [6, 6.07) is 10.7. The molecule has 204 valence electrons. The van der Waals surface area contributed by atoms with E-state index in [1.807, 2.05) is 0 Å². The molecule has 0 amide bonds. The van der Waals surface area contributed by atoms with Crippen LogP contribution in [0.2, 0.25) is 0 Å². The van der Waals surface area contributed by atoms with Crippen LogP contribution in [0.1, 0.15) is 45.1 Å². The monoisotopic (exact) mass is 526 g/mol. The number of hydrogen-bond donors (Lipinski definition) is 4. The van der Waals surface area contributed by atoms with E-state index in [0.29, 0.717) is 5.54 Å². The topological polar surface area (TPSA) is 98.7 Å². The third-order valence-electron chi connectivity index (χ3n) is 6.14. The normalized spacial score (nSPS) is 22.4. The Morgan fingerprint density at radius 1 is 1.03 bits per heavy atom. The molecule has 1 heterocycles. The molecule has 4 N–H and O–H groups in total. The van der Waals surface area contributed by atoms with Crippen LogP contribution in [-0.4, -0.2) is 59.7 Å². The highest BCUT2D eigenvalue weighted by Crippen LogP contribution is 2.51. The standard InChI is InChI=1S/C20H30N2.2C2HF3O2/c1-3-20(22-15-18-9-11-21-12-10-18)14-19(20)16(2)13-17-7-5-4-6-8-17;2*3-2(4,5)1(6)7/h4-8,13,18-19,21-22H,3,9-12,14-15H2,1-2H3;2*(H,6,7)/b16-13+;;. The van der Waals surface area contributed by atoms with Crippen LogP contribution in [0.25, 0.3) is 6.08 Å². The molecule has 2 unspecified atom stereocenters. The molecule has 0 aromatic heterocycles. The molecular weight excluding hydrogens is 494 g/mol. The van der Waals surface area contributed by atoms with E-state index in [9.17, 15) is 26.3 Å². The first-order valence-corrected chi connectivity index (χ1v) is 11.4. The van der Waals surface area contributed by atoms with Gasteiger partial charge in [-0.05, 0) is 69.6 Å². The second-order valence-electron chi connectivity index (χ2n) is 8.75. The minimum Gasteiger partial charge on any atom is -0.475 e. The maximum atomic E-state index is 10.6. The molecule has 2 atom stereocenters. The highest BCUT2D eigenvalue weighted by atomic mass is 19.4. The fourth-order valence-electron chi connectivity index (χ4n) is 3.96. The number of hydrogen-bond acceptors (Lipinski definition) is 4. The first-order valence-electron chi connectivity index (χ1n) is 11.4. The summed E-state index contributed by atoms with van der Waals surface area (Å²) in [4.78, 5) is 17.8. The molecular formula is C24H32F6N2O4. The number of rotatable bonds is 6. The Morgan fingerprint density at radius 2 is 1.50 bits per heavy atom. The van der Waals surface area contributed by atoms with Crippen LogP contribution in [0.4, 0.5) is 26.3 Å². The quantitative estimate of drug-likeness (QED) is 0.385. The van der Waals surface area contributed by atoms with E-state index in [4.69, 9.17) is 19.8 Å². The summed E-state index contributed by atoms with van der Waals surface area (Å²) in [5.41, 5.74) is 3.24. The molecule has 1 aromatic carbocycles. The number of nitrogens with one attached hydrogen (secondary N) is 2. The van der Waals surface area contributed by atoms with Gasteiger partial charge < -0.3 is 20.8 Å². The van der Waals surface area contributed by atoms with Gasteiger partial charge in [0.1, 0.15) is 0 Å². The van der Waals surface area contributed by atoms with Crippen LogP contribution in [0.15, 0.2) is 35.9 Å². The highest BCUT2D eigenvalue weighted by molar-refractivity contribution is 5.73. The summed E-state index contributed by atoms with van der Waals surface area (Å²) in [6.07, 6.45) is -2.59. The van der Waals surface area contributed by atoms with Crippen LogP contribution >= 0.6 is 0 Å². The summed E-state index contributed by atoms with van der Waals surface area (Å²) < 4.78 is 63.5. The van der Waals surface area contributed by atoms with Crippen LogP contribution in [-0.2, 0) is 9.59 Å². The zero-order valence-corrected chi connectivity index (χ0v) is 20.0. The van der Waals surface area contributed by atoms with E-state index in [1.165, 1.54) is 56.5 Å². The van der Waals surface area contributed by atoms with Crippen molar-refractivity contribution in [2.75, 3.05) is 19.6 Å². The van der Waals surface area contributed by atoms with Crippen molar-refractivity contribution in [3.8, 4) is 0 Å². The van der Waals surface area contributed by atoms with Gasteiger partial charge in [0.15, 0.2) is 0 Å². The van der Waals surface area contributed by atoms with E-state index in [0.717, 1.165) is 11.8 Å². The Balaban J connectivity index is 0.000000383. The van der Waals surface area contributed by atoms with E-state index >= 15 is 0 Å². The van der Waals surface area contributed by atoms with Crippen molar-refractivity contribution < 1.29 is 46.1 Å². The third-order valence-corrected chi connectivity index (χ3v) is 6.14. The SMILES string of the molecule is CCC1(NCC2CCNCC2)CC1/C(C)=C/c1ccccc1.O=C(O)C(F)(F)F.O=C(O)C(F)(F)F. The number of alkyl halides is 6. The van der Waals surface area contributed by atoms with Crippen molar-refractivity contribution in [3.63, 3.8) is 0 Å². The first-order chi connectivity index (χ1) is 16.6. The van der Waals surface area contributed by atoms with Gasteiger partial charge in [0.25, 0.3) is 0 Å². The molecule has 2 fully saturated rings. The van der Waals surface area contributed by atoms with Gasteiger partial charge in [-0.15, -0.1) is 0 Å². The highest BCUT2D eigenvalue weighted by Gasteiger charge is 2.52. The lowest BCUT2D eigenvalue weighted by molar-refractivity contribution is -0.193. The van der Waals surface area contributed by atoms with Crippen molar-refractivity contribution in [1.82, 2.24) is 10.6 Å². The van der Waals surface area contributed by atoms with Gasteiger partial charge in [-0.25, -0.2) is 9.59 Å². The largest absolute Gasteiger partial charge is 0.490 e. The van der Waals surface area contributed by atoms with Gasteiger partial charge in [0.05, 0.1) is 0 Å². The third kappa shape index (κ3) is 11.0. The van der Waals surface area contributed by atoms with Crippen molar-refractivity contribution in [1.29, 1.82) is 0 Å². The zero-order valence-electron chi connectivity index (χ0n) is 20.0. The molecule has 36 heavy (non-hydrogen) atoms. The average molecular weight is 527 g/mol. The van der Waals surface area contributed by atoms with E-state index in [2.05, 4.69) is 60.9 Å². The second kappa shape index (κ2) is 13.6. The van der Waals surface area contributed by atoms with Crippen LogP contribution in [0.3, 0.4) is 0 Å². The Morgan fingerprint density at radius 3 is 1.92 bits per heavy atom. The zero-order chi connectivity index (χ0) is 27.6. The minimum atomic E-state index is -5.08. The molecule has 1 aromatic rings. The predicted octanol–water partition coefficient (Wildman–Crippen LogP) is 5.11. The van der Waals surface area contributed by atoms with E-state index in [-0.39, 0.29) is 0 Å². The number of benzene rings is 1. The molecule has 12 heteroatoms. The fraction of sp³-hybridized carbons (Fsp3) is 0.583. The van der Waals surface area contributed by atoms with Gasteiger partial charge >= 0.3 is 24.3 Å². The predicted molar refractivity (Wildman–Crippen MR) is 122 cm³/mol. The van der Waals surface area contributed by atoms with Crippen molar-refractivity contribution >= 4 is 18.0 Å². The van der Waals surface area contributed by atoms with Gasteiger partial charge in [0, 0.05) is 5.54 Å². The molecule has 1 saturated heterocycles. The maximum Gasteiger partial charge on any atom is 0.490 e. The van der Waals surface area contributed by atoms with Crippen LogP contribution < -0.4 is 10.6 Å². The summed E-state index contributed by atoms with van der Waals surface area (Å²) in [5, 5.41) is 21.6. The Labute approximate surface area is 205 Å². The number of carboxylic acid groups (broad SMARTS) is 2. The minimum absolute atomic E-state index is 0.375. The first kappa shape index (κ1) is 31.4. The molecule has 1 aliphatic heterocycles. The summed E-state index contributed by atoms with van der Waals surface area (Å²) in [6.45, 7) is 8.24. The molecule has 1 aliphatic carbocycles. The number of piperidine rings is 1. The van der Waals surface area contributed by atoms with Gasteiger partial charge in [-0.1, -0.05) is 48.9 Å². The molecule has 0 bridgehead atoms. The van der Waals surface area contributed by atoms with Crippen molar-refractivity contribution in [2.24, 2.45) is 11.8 Å². The summed E-state index contributed by atoms with van der Waals surface area (Å²) in [7, 11) is 0. The lowest BCUT2D eigenvalue weighted by Gasteiger charge is -2.26. The van der Waals surface area contributed by atoms with Crippen molar-refractivity contribution in [2.45, 2.75) is 57.4 Å². The number of aliphatic carboxylic acids is 2. The van der Waals surface area contributed by atoms with Gasteiger partial charge in [-0.2, -0.15) is 26.3 Å².